The van der Waals surface area contributed by atoms with Crippen LogP contribution in [0.15, 0.2) is 36.4 Å². The van der Waals surface area contributed by atoms with Crippen molar-refractivity contribution in [1.29, 1.82) is 0 Å². The maximum Gasteiger partial charge on any atom is 0.229 e. The Balaban J connectivity index is 1.44. The summed E-state index contributed by atoms with van der Waals surface area (Å²) in [6.45, 7) is 2.46. The standard InChI is InChI=1S/C21H20Cl3N3O2/c22-14-10-17(23)20(18(24)11-14)25-21(29)13-9-19(28)27(12-13)16-5-3-15(4-6-16)26-7-1-2-8-26/h3-6,10-11,13H,1-2,7-9,12H2,(H,25,29). The van der Waals surface area contributed by atoms with Gasteiger partial charge in [0.2, 0.25) is 11.8 Å². The Morgan fingerprint density at radius 3 is 2.17 bits per heavy atom. The summed E-state index contributed by atoms with van der Waals surface area (Å²) in [5.41, 5.74) is 2.28. The molecule has 2 aliphatic heterocycles. The SMILES string of the molecule is O=C(Nc1c(Cl)cc(Cl)cc1Cl)C1CC(=O)N(c2ccc(N3CCCC3)cc2)C1. The third kappa shape index (κ3) is 4.32. The fraction of sp³-hybridized carbons (Fsp3) is 0.333. The number of carbonyl (C=O) groups is 2. The normalized spacial score (nSPS) is 19.1. The molecule has 1 unspecified atom stereocenters. The lowest BCUT2D eigenvalue weighted by Crippen LogP contribution is -2.28. The van der Waals surface area contributed by atoms with Crippen LogP contribution in [-0.2, 0) is 9.59 Å². The Morgan fingerprint density at radius 1 is 0.966 bits per heavy atom. The summed E-state index contributed by atoms with van der Waals surface area (Å²) in [4.78, 5) is 29.2. The van der Waals surface area contributed by atoms with Crippen molar-refractivity contribution in [1.82, 2.24) is 0 Å². The molecule has 2 aliphatic rings. The molecule has 0 spiro atoms. The van der Waals surface area contributed by atoms with Crippen LogP contribution in [0.2, 0.25) is 15.1 Å². The van der Waals surface area contributed by atoms with E-state index in [-0.39, 0.29) is 28.3 Å². The minimum Gasteiger partial charge on any atom is -0.372 e. The number of amides is 2. The van der Waals surface area contributed by atoms with Crippen LogP contribution >= 0.6 is 34.8 Å². The van der Waals surface area contributed by atoms with Gasteiger partial charge in [-0.05, 0) is 49.2 Å². The van der Waals surface area contributed by atoms with E-state index in [1.165, 1.54) is 30.7 Å². The van der Waals surface area contributed by atoms with Gasteiger partial charge in [-0.15, -0.1) is 0 Å². The number of halogens is 3. The molecule has 2 amide bonds. The Morgan fingerprint density at radius 2 is 1.55 bits per heavy atom. The van der Waals surface area contributed by atoms with Gasteiger partial charge in [0.05, 0.1) is 21.7 Å². The van der Waals surface area contributed by atoms with Crippen molar-refractivity contribution < 1.29 is 9.59 Å². The zero-order valence-corrected chi connectivity index (χ0v) is 17.9. The number of nitrogens with zero attached hydrogens (tertiary/aromatic N) is 2. The summed E-state index contributed by atoms with van der Waals surface area (Å²) in [6.07, 6.45) is 2.57. The monoisotopic (exact) mass is 451 g/mol. The average Bonchev–Trinajstić information content (AvgIpc) is 3.34. The molecule has 0 saturated carbocycles. The zero-order valence-electron chi connectivity index (χ0n) is 15.6. The lowest BCUT2D eigenvalue weighted by molar-refractivity contribution is -0.122. The molecule has 8 heteroatoms. The molecule has 0 aromatic heterocycles. The summed E-state index contributed by atoms with van der Waals surface area (Å²) in [6, 6.07) is 11.0. The molecular formula is C21H20Cl3N3O2. The van der Waals surface area contributed by atoms with Gasteiger partial charge in [0.25, 0.3) is 0 Å². The van der Waals surface area contributed by atoms with E-state index in [2.05, 4.69) is 10.2 Å². The van der Waals surface area contributed by atoms with Crippen LogP contribution in [0.5, 0.6) is 0 Å². The molecule has 0 bridgehead atoms. The molecule has 1 atom stereocenters. The van der Waals surface area contributed by atoms with Crippen molar-refractivity contribution in [3.05, 3.63) is 51.5 Å². The van der Waals surface area contributed by atoms with E-state index in [1.807, 2.05) is 24.3 Å². The van der Waals surface area contributed by atoms with E-state index in [4.69, 9.17) is 34.8 Å². The first-order valence-corrected chi connectivity index (χ1v) is 10.7. The van der Waals surface area contributed by atoms with Crippen molar-refractivity contribution in [2.45, 2.75) is 19.3 Å². The van der Waals surface area contributed by atoms with Gasteiger partial charge in [-0.25, -0.2) is 0 Å². The molecule has 29 heavy (non-hydrogen) atoms. The minimum absolute atomic E-state index is 0.0765. The predicted octanol–water partition coefficient (Wildman–Crippen LogP) is 5.24. The van der Waals surface area contributed by atoms with Crippen molar-refractivity contribution in [2.75, 3.05) is 34.8 Å². The van der Waals surface area contributed by atoms with Gasteiger partial charge >= 0.3 is 0 Å². The van der Waals surface area contributed by atoms with E-state index in [9.17, 15) is 9.59 Å². The van der Waals surface area contributed by atoms with E-state index < -0.39 is 5.92 Å². The number of rotatable bonds is 4. The Hall–Kier alpha value is -1.95. The van der Waals surface area contributed by atoms with Gasteiger partial charge in [0, 0.05) is 42.5 Å². The highest BCUT2D eigenvalue weighted by Crippen LogP contribution is 2.35. The number of hydrogen-bond donors (Lipinski definition) is 1. The summed E-state index contributed by atoms with van der Waals surface area (Å²) < 4.78 is 0. The van der Waals surface area contributed by atoms with E-state index in [0.717, 1.165) is 18.8 Å². The van der Waals surface area contributed by atoms with Crippen LogP contribution < -0.4 is 15.1 Å². The van der Waals surface area contributed by atoms with E-state index >= 15 is 0 Å². The van der Waals surface area contributed by atoms with Crippen molar-refractivity contribution in [3.63, 3.8) is 0 Å². The molecule has 5 nitrogen and oxygen atoms in total. The molecule has 2 aromatic rings. The Kier molecular flexibility index (Phi) is 5.91. The number of benzene rings is 2. The largest absolute Gasteiger partial charge is 0.372 e. The molecule has 0 radical (unpaired) electrons. The van der Waals surface area contributed by atoms with Crippen molar-refractivity contribution in [3.8, 4) is 0 Å². The molecule has 2 saturated heterocycles. The van der Waals surface area contributed by atoms with Crippen LogP contribution in [0.25, 0.3) is 0 Å². The lowest BCUT2D eigenvalue weighted by atomic mass is 10.1. The number of nitrogens with one attached hydrogen (secondary N) is 1. The number of hydrogen-bond acceptors (Lipinski definition) is 3. The average molecular weight is 453 g/mol. The maximum absolute atomic E-state index is 12.7. The van der Waals surface area contributed by atoms with Crippen LogP contribution in [0.3, 0.4) is 0 Å². The van der Waals surface area contributed by atoms with Gasteiger partial charge < -0.3 is 15.1 Å². The zero-order chi connectivity index (χ0) is 20.5. The summed E-state index contributed by atoms with van der Waals surface area (Å²) >= 11 is 18.2. The third-order valence-corrected chi connectivity index (χ3v) is 6.20. The molecular weight excluding hydrogens is 433 g/mol. The molecule has 2 heterocycles. The van der Waals surface area contributed by atoms with Crippen LogP contribution in [0, 0.1) is 5.92 Å². The highest BCUT2D eigenvalue weighted by Gasteiger charge is 2.35. The van der Waals surface area contributed by atoms with Gasteiger partial charge in [0.15, 0.2) is 0 Å². The second-order valence-corrected chi connectivity index (χ2v) is 8.60. The maximum atomic E-state index is 12.7. The highest BCUT2D eigenvalue weighted by atomic mass is 35.5. The van der Waals surface area contributed by atoms with Gasteiger partial charge in [0.1, 0.15) is 0 Å². The first-order valence-electron chi connectivity index (χ1n) is 9.53. The Bertz CT molecular complexity index is 920. The van der Waals surface area contributed by atoms with Gasteiger partial charge in [-0.2, -0.15) is 0 Å². The quantitative estimate of drug-likeness (QED) is 0.690. The van der Waals surface area contributed by atoms with Gasteiger partial charge in [-0.1, -0.05) is 34.8 Å². The first kappa shape index (κ1) is 20.3. The van der Waals surface area contributed by atoms with Gasteiger partial charge in [-0.3, -0.25) is 9.59 Å². The number of anilines is 3. The minimum atomic E-state index is -0.483. The smallest absolute Gasteiger partial charge is 0.229 e. The molecule has 0 aliphatic carbocycles. The van der Waals surface area contributed by atoms with Crippen molar-refractivity contribution >= 4 is 63.7 Å². The first-order chi connectivity index (χ1) is 13.9. The third-order valence-electron chi connectivity index (χ3n) is 5.38. The molecule has 2 aromatic carbocycles. The summed E-state index contributed by atoms with van der Waals surface area (Å²) in [5.74, 6) is -0.850. The Labute approximate surface area is 184 Å². The second-order valence-electron chi connectivity index (χ2n) is 7.35. The van der Waals surface area contributed by atoms with Crippen LogP contribution in [-0.4, -0.2) is 31.4 Å². The highest BCUT2D eigenvalue weighted by molar-refractivity contribution is 6.42. The van der Waals surface area contributed by atoms with Crippen molar-refractivity contribution in [2.24, 2.45) is 5.92 Å². The van der Waals surface area contributed by atoms with Crippen LogP contribution in [0.1, 0.15) is 19.3 Å². The molecule has 1 N–H and O–H groups in total. The van der Waals surface area contributed by atoms with E-state index in [0.29, 0.717) is 17.3 Å². The fourth-order valence-corrected chi connectivity index (χ4v) is 4.75. The topological polar surface area (TPSA) is 52.7 Å². The summed E-state index contributed by atoms with van der Waals surface area (Å²) in [5, 5.41) is 3.64. The predicted molar refractivity (Wildman–Crippen MR) is 118 cm³/mol. The van der Waals surface area contributed by atoms with Crippen LogP contribution in [0.4, 0.5) is 17.1 Å². The molecule has 152 valence electrons. The second kappa shape index (κ2) is 8.42. The van der Waals surface area contributed by atoms with E-state index in [1.54, 1.807) is 4.90 Å². The summed E-state index contributed by atoms with van der Waals surface area (Å²) in [7, 11) is 0. The molecule has 2 fully saturated rings. The molecule has 4 rings (SSSR count). The lowest BCUT2D eigenvalue weighted by Gasteiger charge is -2.21. The fourth-order valence-electron chi connectivity index (χ4n) is 3.84. The number of carbonyl (C=O) groups excluding carboxylic acids is 2.